The molecule has 0 spiro atoms. The highest BCUT2D eigenvalue weighted by Gasteiger charge is 2.38. The fraction of sp³-hybridized carbons (Fsp3) is 0.385. The first kappa shape index (κ1) is 14.5. The second-order valence-electron chi connectivity index (χ2n) is 4.98. The van der Waals surface area contributed by atoms with E-state index in [9.17, 15) is 18.0 Å². The Morgan fingerprint density at radius 3 is 2.64 bits per heavy atom. The van der Waals surface area contributed by atoms with Gasteiger partial charge in [-0.15, -0.1) is 0 Å². The Kier molecular flexibility index (Phi) is 3.34. The van der Waals surface area contributed by atoms with Crippen LogP contribution in [0.3, 0.4) is 0 Å². The largest absolute Gasteiger partial charge is 0.471 e. The van der Waals surface area contributed by atoms with Gasteiger partial charge in [-0.1, -0.05) is 5.16 Å². The minimum absolute atomic E-state index is 0.0216. The molecule has 116 valence electrons. The molecule has 1 saturated heterocycles. The SMILES string of the molecule is C[C@@H]1CCC(=O)N1c1ccc(-c2noc(C(F)(F)F)n2)cn1. The van der Waals surface area contributed by atoms with Crippen molar-refractivity contribution >= 4 is 11.7 Å². The third-order valence-electron chi connectivity index (χ3n) is 3.41. The summed E-state index contributed by atoms with van der Waals surface area (Å²) < 4.78 is 41.4. The van der Waals surface area contributed by atoms with Crippen molar-refractivity contribution in [2.45, 2.75) is 32.0 Å². The van der Waals surface area contributed by atoms with E-state index in [0.29, 0.717) is 12.2 Å². The number of aromatic nitrogens is 3. The van der Waals surface area contributed by atoms with E-state index in [1.54, 1.807) is 11.0 Å². The van der Waals surface area contributed by atoms with E-state index in [1.165, 1.54) is 12.3 Å². The number of nitrogens with zero attached hydrogens (tertiary/aromatic N) is 4. The van der Waals surface area contributed by atoms with Crippen molar-refractivity contribution in [3.05, 3.63) is 24.2 Å². The number of hydrogen-bond acceptors (Lipinski definition) is 5. The van der Waals surface area contributed by atoms with Crippen LogP contribution in [0.4, 0.5) is 19.0 Å². The first-order valence-corrected chi connectivity index (χ1v) is 6.55. The third-order valence-corrected chi connectivity index (χ3v) is 3.41. The molecule has 0 bridgehead atoms. The van der Waals surface area contributed by atoms with Crippen LogP contribution in [0.1, 0.15) is 25.7 Å². The van der Waals surface area contributed by atoms with E-state index in [4.69, 9.17) is 0 Å². The van der Waals surface area contributed by atoms with Crippen LogP contribution < -0.4 is 4.90 Å². The number of amides is 1. The van der Waals surface area contributed by atoms with Gasteiger partial charge in [0.2, 0.25) is 11.7 Å². The van der Waals surface area contributed by atoms with Gasteiger partial charge in [-0.05, 0) is 25.5 Å². The second-order valence-corrected chi connectivity index (χ2v) is 4.98. The Balaban J connectivity index is 1.85. The van der Waals surface area contributed by atoms with Crippen molar-refractivity contribution in [2.24, 2.45) is 0 Å². The average Bonchev–Trinajstić information content (AvgIpc) is 3.06. The number of halogens is 3. The van der Waals surface area contributed by atoms with Crippen molar-refractivity contribution in [3.8, 4) is 11.4 Å². The number of anilines is 1. The van der Waals surface area contributed by atoms with E-state index < -0.39 is 12.1 Å². The molecule has 2 aromatic heterocycles. The fourth-order valence-electron chi connectivity index (χ4n) is 2.30. The molecule has 1 fully saturated rings. The number of carbonyl (C=O) groups excluding carboxylic acids is 1. The standard InChI is InChI=1S/C13H11F3N4O2/c1-7-2-5-10(21)20(7)9-4-3-8(6-17-9)11-18-12(22-19-11)13(14,15)16/h3-4,6-7H,2,5H2,1H3/t7-/m1/s1. The van der Waals surface area contributed by atoms with Gasteiger partial charge in [0.05, 0.1) is 0 Å². The Morgan fingerprint density at radius 2 is 2.14 bits per heavy atom. The van der Waals surface area contributed by atoms with E-state index in [2.05, 4.69) is 19.6 Å². The number of carbonyl (C=O) groups is 1. The molecule has 3 rings (SSSR count). The fourth-order valence-corrected chi connectivity index (χ4v) is 2.30. The predicted molar refractivity (Wildman–Crippen MR) is 68.7 cm³/mol. The van der Waals surface area contributed by atoms with Gasteiger partial charge in [-0.3, -0.25) is 9.69 Å². The van der Waals surface area contributed by atoms with Crippen LogP contribution in [0.2, 0.25) is 0 Å². The minimum atomic E-state index is -4.68. The van der Waals surface area contributed by atoms with Crippen molar-refractivity contribution in [3.63, 3.8) is 0 Å². The molecule has 0 N–H and O–H groups in total. The maximum atomic E-state index is 12.4. The van der Waals surface area contributed by atoms with Crippen LogP contribution in [-0.2, 0) is 11.0 Å². The number of pyridine rings is 1. The van der Waals surface area contributed by atoms with Gasteiger partial charge in [-0.2, -0.15) is 18.2 Å². The molecular weight excluding hydrogens is 301 g/mol. The van der Waals surface area contributed by atoms with E-state index >= 15 is 0 Å². The van der Waals surface area contributed by atoms with Crippen molar-refractivity contribution in [1.29, 1.82) is 0 Å². The lowest BCUT2D eigenvalue weighted by Gasteiger charge is -2.20. The quantitative estimate of drug-likeness (QED) is 0.852. The zero-order chi connectivity index (χ0) is 15.9. The van der Waals surface area contributed by atoms with Gasteiger partial charge in [0.15, 0.2) is 0 Å². The lowest BCUT2D eigenvalue weighted by atomic mass is 10.2. The summed E-state index contributed by atoms with van der Waals surface area (Å²) in [6.07, 6.45) is -2.15. The summed E-state index contributed by atoms with van der Waals surface area (Å²) in [6, 6.07) is 3.11. The van der Waals surface area contributed by atoms with Gasteiger partial charge in [-0.25, -0.2) is 4.98 Å². The normalized spacial score (nSPS) is 19.0. The molecule has 1 amide bonds. The monoisotopic (exact) mass is 312 g/mol. The molecule has 0 unspecified atom stereocenters. The van der Waals surface area contributed by atoms with Crippen LogP contribution in [-0.4, -0.2) is 27.1 Å². The maximum Gasteiger partial charge on any atom is 0.471 e. The topological polar surface area (TPSA) is 72.1 Å². The van der Waals surface area contributed by atoms with Crippen LogP contribution in [0.15, 0.2) is 22.9 Å². The van der Waals surface area contributed by atoms with Gasteiger partial charge >= 0.3 is 12.1 Å². The molecule has 9 heteroatoms. The molecule has 0 aromatic carbocycles. The van der Waals surface area contributed by atoms with Crippen molar-refractivity contribution < 1.29 is 22.5 Å². The molecule has 2 aromatic rings. The van der Waals surface area contributed by atoms with E-state index in [1.807, 2.05) is 6.92 Å². The zero-order valence-electron chi connectivity index (χ0n) is 11.5. The number of alkyl halides is 3. The number of hydrogen-bond donors (Lipinski definition) is 0. The highest BCUT2D eigenvalue weighted by atomic mass is 19.4. The van der Waals surface area contributed by atoms with Gasteiger partial charge in [0, 0.05) is 24.2 Å². The summed E-state index contributed by atoms with van der Waals surface area (Å²) in [4.78, 5) is 20.7. The molecule has 1 aliphatic heterocycles. The van der Waals surface area contributed by atoms with Crippen molar-refractivity contribution in [2.75, 3.05) is 4.90 Å². The van der Waals surface area contributed by atoms with Crippen LogP contribution in [0, 0.1) is 0 Å². The summed E-state index contributed by atoms with van der Waals surface area (Å²) >= 11 is 0. The molecule has 1 aliphatic rings. The first-order chi connectivity index (χ1) is 10.4. The predicted octanol–water partition coefficient (Wildman–Crippen LogP) is 2.67. The highest BCUT2D eigenvalue weighted by molar-refractivity contribution is 5.95. The Morgan fingerprint density at radius 1 is 1.36 bits per heavy atom. The summed E-state index contributed by atoms with van der Waals surface area (Å²) in [7, 11) is 0. The average molecular weight is 312 g/mol. The van der Waals surface area contributed by atoms with Gasteiger partial charge in [0.25, 0.3) is 0 Å². The summed E-state index contributed by atoms with van der Waals surface area (Å²) in [5.74, 6) is -1.17. The first-order valence-electron chi connectivity index (χ1n) is 6.55. The van der Waals surface area contributed by atoms with Crippen LogP contribution in [0.5, 0.6) is 0 Å². The van der Waals surface area contributed by atoms with E-state index in [0.717, 1.165) is 6.42 Å². The Bertz CT molecular complexity index is 696. The molecule has 3 heterocycles. The Labute approximate surface area is 122 Å². The Hall–Kier alpha value is -2.45. The van der Waals surface area contributed by atoms with Gasteiger partial charge < -0.3 is 4.52 Å². The highest BCUT2D eigenvalue weighted by Crippen LogP contribution is 2.30. The molecule has 0 saturated carbocycles. The molecular formula is C13H11F3N4O2. The summed E-state index contributed by atoms with van der Waals surface area (Å²) in [6.45, 7) is 1.91. The summed E-state index contributed by atoms with van der Waals surface area (Å²) in [5, 5.41) is 3.28. The number of rotatable bonds is 2. The maximum absolute atomic E-state index is 12.4. The lowest BCUT2D eigenvalue weighted by Crippen LogP contribution is -2.31. The van der Waals surface area contributed by atoms with Crippen molar-refractivity contribution in [1.82, 2.24) is 15.1 Å². The molecule has 0 aliphatic carbocycles. The third kappa shape index (κ3) is 2.53. The zero-order valence-corrected chi connectivity index (χ0v) is 11.5. The summed E-state index contributed by atoms with van der Waals surface area (Å²) in [5.41, 5.74) is 0.280. The molecule has 6 nitrogen and oxygen atoms in total. The minimum Gasteiger partial charge on any atom is -0.329 e. The second kappa shape index (κ2) is 5.08. The molecule has 22 heavy (non-hydrogen) atoms. The lowest BCUT2D eigenvalue weighted by molar-refractivity contribution is -0.159. The van der Waals surface area contributed by atoms with Gasteiger partial charge in [0.1, 0.15) is 5.82 Å². The van der Waals surface area contributed by atoms with Crippen LogP contribution >= 0.6 is 0 Å². The molecule has 0 radical (unpaired) electrons. The van der Waals surface area contributed by atoms with Crippen LogP contribution in [0.25, 0.3) is 11.4 Å². The molecule has 1 atom stereocenters. The smallest absolute Gasteiger partial charge is 0.329 e. The van der Waals surface area contributed by atoms with E-state index in [-0.39, 0.29) is 23.3 Å².